The lowest BCUT2D eigenvalue weighted by Crippen LogP contribution is -2.38. The molecule has 0 aliphatic carbocycles. The molecule has 0 bridgehead atoms. The largest absolute Gasteiger partial charge is 0.490 e. The topological polar surface area (TPSA) is 72.7 Å². The van der Waals surface area contributed by atoms with Gasteiger partial charge >= 0.3 is 6.61 Å². The average Bonchev–Trinajstić information content (AvgIpc) is 3.06. The molecule has 1 aromatic heterocycles. The summed E-state index contributed by atoms with van der Waals surface area (Å²) in [6.07, 6.45) is 3.76. The molecule has 28 heavy (non-hydrogen) atoms. The molecule has 0 saturated carbocycles. The molecule has 0 aliphatic rings. The molecule has 0 atom stereocenters. The fourth-order valence-corrected chi connectivity index (χ4v) is 2.56. The Kier molecular flexibility index (Phi) is 8.51. The molecule has 0 spiro atoms. The van der Waals surface area contributed by atoms with Crippen LogP contribution < -0.4 is 20.1 Å². The molecule has 9 heteroatoms. The van der Waals surface area contributed by atoms with Gasteiger partial charge in [0.25, 0.3) is 0 Å². The quantitative estimate of drug-likeness (QED) is 0.478. The van der Waals surface area contributed by atoms with Crippen LogP contribution in [-0.2, 0) is 13.1 Å². The van der Waals surface area contributed by atoms with Crippen LogP contribution in [0, 0.1) is 6.92 Å². The fourth-order valence-electron chi connectivity index (χ4n) is 2.56. The van der Waals surface area contributed by atoms with E-state index in [0.29, 0.717) is 37.8 Å². The van der Waals surface area contributed by atoms with Gasteiger partial charge in [-0.1, -0.05) is 12.1 Å². The first-order valence-corrected chi connectivity index (χ1v) is 9.24. The van der Waals surface area contributed by atoms with Gasteiger partial charge in [0.05, 0.1) is 25.9 Å². The minimum absolute atomic E-state index is 0.0194. The van der Waals surface area contributed by atoms with Crippen LogP contribution in [0.2, 0.25) is 0 Å². The van der Waals surface area contributed by atoms with E-state index >= 15 is 0 Å². The minimum atomic E-state index is -2.94. The molecule has 0 fully saturated rings. The summed E-state index contributed by atoms with van der Waals surface area (Å²) < 4.78 is 37.6. The summed E-state index contributed by atoms with van der Waals surface area (Å²) in [5, 5.41) is 10.6. The Bertz CT molecular complexity index is 765. The number of aliphatic imine (C=N–C) groups is 1. The van der Waals surface area contributed by atoms with Crippen LogP contribution in [0.25, 0.3) is 0 Å². The van der Waals surface area contributed by atoms with Crippen molar-refractivity contribution in [1.82, 2.24) is 20.4 Å². The van der Waals surface area contributed by atoms with E-state index in [1.807, 2.05) is 24.7 Å². The standard InChI is InChI=1S/C19H27F2N5O2/c1-4-22-19(23-9-10-26-13-14(3)11-25-26)24-12-15-7-6-8-16(27-5-2)17(15)28-18(20)21/h6-8,11,13,18H,4-5,9-10,12H2,1-3H3,(H2,22,23,24). The molecule has 0 saturated heterocycles. The normalized spacial score (nSPS) is 11.6. The number of ether oxygens (including phenoxy) is 2. The number of aromatic nitrogens is 2. The second-order valence-corrected chi connectivity index (χ2v) is 5.96. The number of hydrogen-bond acceptors (Lipinski definition) is 4. The van der Waals surface area contributed by atoms with Crippen LogP contribution in [0.5, 0.6) is 11.5 Å². The third-order valence-corrected chi connectivity index (χ3v) is 3.71. The van der Waals surface area contributed by atoms with Gasteiger partial charge in [-0.05, 0) is 32.4 Å². The Morgan fingerprint density at radius 3 is 2.75 bits per heavy atom. The molecule has 1 heterocycles. The number of aryl methyl sites for hydroxylation is 1. The van der Waals surface area contributed by atoms with Gasteiger partial charge in [-0.25, -0.2) is 4.99 Å². The van der Waals surface area contributed by atoms with Gasteiger partial charge in [0.1, 0.15) is 0 Å². The number of alkyl halides is 2. The van der Waals surface area contributed by atoms with Crippen LogP contribution in [0.15, 0.2) is 35.6 Å². The molecular formula is C19H27F2N5O2. The first-order chi connectivity index (χ1) is 13.5. The maximum atomic E-state index is 12.8. The van der Waals surface area contributed by atoms with Gasteiger partial charge in [0.15, 0.2) is 17.5 Å². The van der Waals surface area contributed by atoms with E-state index in [2.05, 4.69) is 25.5 Å². The molecule has 0 unspecified atom stereocenters. The maximum absolute atomic E-state index is 12.8. The lowest BCUT2D eigenvalue weighted by atomic mass is 10.2. The highest BCUT2D eigenvalue weighted by Crippen LogP contribution is 2.33. The number of hydrogen-bond donors (Lipinski definition) is 2. The van der Waals surface area contributed by atoms with Gasteiger partial charge < -0.3 is 20.1 Å². The van der Waals surface area contributed by atoms with Crippen LogP contribution in [0.4, 0.5) is 8.78 Å². The lowest BCUT2D eigenvalue weighted by Gasteiger charge is -2.15. The van der Waals surface area contributed by atoms with Crippen molar-refractivity contribution in [2.45, 2.75) is 40.5 Å². The molecule has 0 amide bonds. The monoisotopic (exact) mass is 395 g/mol. The van der Waals surface area contributed by atoms with Gasteiger partial charge in [-0.3, -0.25) is 4.68 Å². The first kappa shape index (κ1) is 21.5. The van der Waals surface area contributed by atoms with Crippen LogP contribution >= 0.6 is 0 Å². The highest BCUT2D eigenvalue weighted by Gasteiger charge is 2.15. The van der Waals surface area contributed by atoms with Gasteiger partial charge in [0, 0.05) is 24.8 Å². The second kappa shape index (κ2) is 11.1. The molecule has 2 N–H and O–H groups in total. The van der Waals surface area contributed by atoms with Crippen LogP contribution in [-0.4, -0.2) is 42.0 Å². The van der Waals surface area contributed by atoms with Crippen LogP contribution in [0.1, 0.15) is 25.0 Å². The SMILES string of the molecule is CCNC(=NCc1cccc(OCC)c1OC(F)F)NCCn1cc(C)cn1. The molecule has 0 aliphatic heterocycles. The predicted molar refractivity (Wildman–Crippen MR) is 104 cm³/mol. The zero-order valence-corrected chi connectivity index (χ0v) is 16.4. The van der Waals surface area contributed by atoms with E-state index in [4.69, 9.17) is 4.74 Å². The number of para-hydroxylation sites is 1. The van der Waals surface area contributed by atoms with Crippen molar-refractivity contribution in [3.8, 4) is 11.5 Å². The zero-order valence-electron chi connectivity index (χ0n) is 16.4. The highest BCUT2D eigenvalue weighted by atomic mass is 19.3. The summed E-state index contributed by atoms with van der Waals surface area (Å²) in [6, 6.07) is 5.03. The summed E-state index contributed by atoms with van der Waals surface area (Å²) in [7, 11) is 0. The number of nitrogens with zero attached hydrogens (tertiary/aromatic N) is 3. The molecule has 2 aromatic rings. The van der Waals surface area contributed by atoms with Gasteiger partial charge in [-0.15, -0.1) is 0 Å². The van der Waals surface area contributed by atoms with Crippen molar-refractivity contribution >= 4 is 5.96 Å². The van der Waals surface area contributed by atoms with Crippen molar-refractivity contribution in [1.29, 1.82) is 0 Å². The Balaban J connectivity index is 2.07. The van der Waals surface area contributed by atoms with E-state index < -0.39 is 6.61 Å². The Morgan fingerprint density at radius 1 is 1.29 bits per heavy atom. The zero-order chi connectivity index (χ0) is 20.4. The molecular weight excluding hydrogens is 368 g/mol. The highest BCUT2D eigenvalue weighted by molar-refractivity contribution is 5.79. The van der Waals surface area contributed by atoms with E-state index in [1.165, 1.54) is 0 Å². The average molecular weight is 395 g/mol. The van der Waals surface area contributed by atoms with Crippen LogP contribution in [0.3, 0.4) is 0 Å². The van der Waals surface area contributed by atoms with E-state index in [-0.39, 0.29) is 18.0 Å². The van der Waals surface area contributed by atoms with Crippen molar-refractivity contribution in [2.75, 3.05) is 19.7 Å². The molecule has 1 aromatic carbocycles. The summed E-state index contributed by atoms with van der Waals surface area (Å²) in [5.74, 6) is 0.879. The van der Waals surface area contributed by atoms with E-state index in [1.54, 1.807) is 31.3 Å². The minimum Gasteiger partial charge on any atom is -0.490 e. The molecule has 0 radical (unpaired) electrons. The number of nitrogens with one attached hydrogen (secondary N) is 2. The summed E-state index contributed by atoms with van der Waals surface area (Å²) >= 11 is 0. The van der Waals surface area contributed by atoms with Crippen molar-refractivity contribution in [2.24, 2.45) is 4.99 Å². The van der Waals surface area contributed by atoms with Crippen molar-refractivity contribution in [3.63, 3.8) is 0 Å². The lowest BCUT2D eigenvalue weighted by molar-refractivity contribution is -0.0520. The summed E-state index contributed by atoms with van der Waals surface area (Å²) in [4.78, 5) is 4.47. The Hall–Kier alpha value is -2.84. The third kappa shape index (κ3) is 6.71. The van der Waals surface area contributed by atoms with Gasteiger partial charge in [0.2, 0.25) is 0 Å². The van der Waals surface area contributed by atoms with E-state index in [9.17, 15) is 8.78 Å². The summed E-state index contributed by atoms with van der Waals surface area (Å²) in [6.45, 7) is 5.27. The van der Waals surface area contributed by atoms with Crippen molar-refractivity contribution in [3.05, 3.63) is 41.7 Å². The number of benzene rings is 1. The Labute approximate surface area is 163 Å². The smallest absolute Gasteiger partial charge is 0.387 e. The predicted octanol–water partition coefficient (Wildman–Crippen LogP) is 2.95. The Morgan fingerprint density at radius 2 is 2.11 bits per heavy atom. The number of guanidine groups is 1. The van der Waals surface area contributed by atoms with Gasteiger partial charge in [-0.2, -0.15) is 13.9 Å². The molecule has 7 nitrogen and oxygen atoms in total. The van der Waals surface area contributed by atoms with Crippen molar-refractivity contribution < 1.29 is 18.3 Å². The van der Waals surface area contributed by atoms with E-state index in [0.717, 1.165) is 5.56 Å². The number of halogens is 2. The second-order valence-electron chi connectivity index (χ2n) is 5.96. The maximum Gasteiger partial charge on any atom is 0.387 e. The number of rotatable bonds is 10. The molecule has 154 valence electrons. The first-order valence-electron chi connectivity index (χ1n) is 9.24. The summed E-state index contributed by atoms with van der Waals surface area (Å²) in [5.41, 5.74) is 1.62. The molecule has 2 rings (SSSR count). The fraction of sp³-hybridized carbons (Fsp3) is 0.474. The third-order valence-electron chi connectivity index (χ3n) is 3.71.